The van der Waals surface area contributed by atoms with Gasteiger partial charge in [-0.25, -0.2) is 0 Å². The van der Waals surface area contributed by atoms with Gasteiger partial charge in [-0.05, 0) is 36.8 Å². The molecule has 114 valence electrons. The first-order chi connectivity index (χ1) is 9.54. The van der Waals surface area contributed by atoms with Gasteiger partial charge in [-0.1, -0.05) is 45.4 Å². The molecule has 0 spiro atoms. The van der Waals surface area contributed by atoms with Crippen molar-refractivity contribution in [1.29, 1.82) is 0 Å². The molecule has 0 saturated carbocycles. The summed E-state index contributed by atoms with van der Waals surface area (Å²) in [6.45, 7) is 7.07. The van der Waals surface area contributed by atoms with Crippen molar-refractivity contribution >= 4 is 0 Å². The lowest BCUT2D eigenvalue weighted by molar-refractivity contribution is 0.130. The molecule has 2 unspecified atom stereocenters. The molecule has 0 aliphatic carbocycles. The average molecular weight is 279 g/mol. The lowest BCUT2D eigenvalue weighted by atomic mass is 9.99. The third-order valence-corrected chi connectivity index (χ3v) is 3.37. The van der Waals surface area contributed by atoms with E-state index in [0.717, 1.165) is 37.2 Å². The largest absolute Gasteiger partial charge is 0.493 e. The Morgan fingerprint density at radius 2 is 1.90 bits per heavy atom. The molecule has 1 rings (SSSR count). The number of hydrogen-bond acceptors (Lipinski definition) is 3. The van der Waals surface area contributed by atoms with Crippen molar-refractivity contribution in [2.45, 2.75) is 58.6 Å². The van der Waals surface area contributed by atoms with E-state index in [1.165, 1.54) is 0 Å². The highest BCUT2D eigenvalue weighted by molar-refractivity contribution is 5.33. The number of benzene rings is 1. The van der Waals surface area contributed by atoms with Crippen LogP contribution in [0.4, 0.5) is 0 Å². The maximum absolute atomic E-state index is 10.1. The number of nitrogens with two attached hydrogens (primary N) is 1. The third-order valence-electron chi connectivity index (χ3n) is 3.37. The Hall–Kier alpha value is -1.06. The van der Waals surface area contributed by atoms with Gasteiger partial charge in [0.05, 0.1) is 12.7 Å². The van der Waals surface area contributed by atoms with E-state index >= 15 is 0 Å². The van der Waals surface area contributed by atoms with E-state index in [0.29, 0.717) is 12.3 Å². The van der Waals surface area contributed by atoms with E-state index in [1.54, 1.807) is 0 Å². The van der Waals surface area contributed by atoms with Gasteiger partial charge in [0.15, 0.2) is 0 Å². The van der Waals surface area contributed by atoms with Crippen LogP contribution in [0, 0.1) is 5.92 Å². The monoisotopic (exact) mass is 279 g/mol. The highest BCUT2D eigenvalue weighted by Gasteiger charge is 2.14. The zero-order valence-electron chi connectivity index (χ0n) is 13.0. The number of aliphatic hydroxyl groups excluding tert-OH is 1. The van der Waals surface area contributed by atoms with Crippen molar-refractivity contribution in [2.75, 3.05) is 6.61 Å². The molecule has 0 heterocycles. The number of hydrogen-bond donors (Lipinski definition) is 2. The molecule has 0 saturated heterocycles. The van der Waals surface area contributed by atoms with Crippen LogP contribution < -0.4 is 10.5 Å². The van der Waals surface area contributed by atoms with Crippen LogP contribution in [0.3, 0.4) is 0 Å². The Kier molecular flexibility index (Phi) is 7.63. The van der Waals surface area contributed by atoms with Crippen molar-refractivity contribution in [3.63, 3.8) is 0 Å². The molecular weight excluding hydrogens is 250 g/mol. The molecular formula is C17H29NO2. The molecule has 1 aromatic rings. The molecule has 0 bridgehead atoms. The van der Waals surface area contributed by atoms with Crippen LogP contribution in [0.1, 0.15) is 45.6 Å². The average Bonchev–Trinajstić information content (AvgIpc) is 2.43. The summed E-state index contributed by atoms with van der Waals surface area (Å²) in [7, 11) is 0. The topological polar surface area (TPSA) is 55.5 Å². The summed E-state index contributed by atoms with van der Waals surface area (Å²) in [5, 5.41) is 10.1. The van der Waals surface area contributed by atoms with Gasteiger partial charge in [0.2, 0.25) is 0 Å². The van der Waals surface area contributed by atoms with Gasteiger partial charge in [-0.3, -0.25) is 0 Å². The van der Waals surface area contributed by atoms with Gasteiger partial charge in [0, 0.05) is 6.04 Å². The van der Waals surface area contributed by atoms with Gasteiger partial charge in [-0.2, -0.15) is 0 Å². The number of ether oxygens (including phenoxy) is 1. The van der Waals surface area contributed by atoms with Crippen molar-refractivity contribution < 1.29 is 9.84 Å². The van der Waals surface area contributed by atoms with E-state index in [-0.39, 0.29) is 6.04 Å². The van der Waals surface area contributed by atoms with Gasteiger partial charge in [0.1, 0.15) is 5.75 Å². The molecule has 0 aromatic heterocycles. The maximum atomic E-state index is 10.1. The Balaban J connectivity index is 2.54. The molecule has 0 aliphatic heterocycles. The maximum Gasteiger partial charge on any atom is 0.122 e. The van der Waals surface area contributed by atoms with Gasteiger partial charge < -0.3 is 15.6 Å². The zero-order valence-corrected chi connectivity index (χ0v) is 13.0. The minimum atomic E-state index is -0.437. The molecule has 3 nitrogen and oxygen atoms in total. The summed E-state index contributed by atoms with van der Waals surface area (Å²) < 4.78 is 5.83. The summed E-state index contributed by atoms with van der Waals surface area (Å²) >= 11 is 0. The molecule has 0 radical (unpaired) electrons. The second-order valence-electron chi connectivity index (χ2n) is 5.87. The summed E-state index contributed by atoms with van der Waals surface area (Å²) in [5.74, 6) is 1.43. The summed E-state index contributed by atoms with van der Waals surface area (Å²) in [6.07, 6.45) is 2.92. The lowest BCUT2D eigenvalue weighted by Crippen LogP contribution is -2.34. The van der Waals surface area contributed by atoms with Crippen LogP contribution >= 0.6 is 0 Å². The zero-order chi connectivity index (χ0) is 15.0. The van der Waals surface area contributed by atoms with Crippen LogP contribution in [-0.4, -0.2) is 23.9 Å². The summed E-state index contributed by atoms with van der Waals surface area (Å²) in [4.78, 5) is 0. The predicted octanol–water partition coefficient (Wildman–Crippen LogP) is 3.14. The fourth-order valence-electron chi connectivity index (χ4n) is 2.15. The minimum Gasteiger partial charge on any atom is -0.493 e. The van der Waals surface area contributed by atoms with Crippen molar-refractivity contribution in [3.8, 4) is 5.75 Å². The summed E-state index contributed by atoms with van der Waals surface area (Å²) in [6, 6.07) is 7.93. The SMILES string of the molecule is CCCC(N)C(O)CCc1ccccc1OCC(C)C. The van der Waals surface area contributed by atoms with Crippen LogP contribution in [-0.2, 0) is 6.42 Å². The standard InChI is InChI=1S/C17H29NO2/c1-4-7-15(18)16(19)11-10-14-8-5-6-9-17(14)20-12-13(2)3/h5-6,8-9,13,15-16,19H,4,7,10-12,18H2,1-3H3. The van der Waals surface area contributed by atoms with Crippen LogP contribution in [0.15, 0.2) is 24.3 Å². The Morgan fingerprint density at radius 3 is 2.55 bits per heavy atom. The first-order valence-corrected chi connectivity index (χ1v) is 7.69. The third kappa shape index (κ3) is 5.93. The lowest BCUT2D eigenvalue weighted by Gasteiger charge is -2.19. The Bertz CT molecular complexity index is 379. The van der Waals surface area contributed by atoms with E-state index in [9.17, 15) is 5.11 Å². The van der Waals surface area contributed by atoms with Crippen molar-refractivity contribution in [3.05, 3.63) is 29.8 Å². The molecule has 2 atom stereocenters. The number of aliphatic hydroxyl groups is 1. The van der Waals surface area contributed by atoms with E-state index in [1.807, 2.05) is 18.2 Å². The highest BCUT2D eigenvalue weighted by atomic mass is 16.5. The normalized spacial score (nSPS) is 14.3. The predicted molar refractivity (Wildman–Crippen MR) is 84.0 cm³/mol. The molecule has 20 heavy (non-hydrogen) atoms. The molecule has 0 amide bonds. The number of aryl methyl sites for hydroxylation is 1. The van der Waals surface area contributed by atoms with Gasteiger partial charge in [0.25, 0.3) is 0 Å². The van der Waals surface area contributed by atoms with Gasteiger partial charge in [-0.15, -0.1) is 0 Å². The van der Waals surface area contributed by atoms with Crippen LogP contribution in [0.5, 0.6) is 5.75 Å². The van der Waals surface area contributed by atoms with Crippen molar-refractivity contribution in [1.82, 2.24) is 0 Å². The second kappa shape index (κ2) is 8.98. The smallest absolute Gasteiger partial charge is 0.122 e. The van der Waals surface area contributed by atoms with Crippen LogP contribution in [0.2, 0.25) is 0 Å². The molecule has 0 aliphatic rings. The van der Waals surface area contributed by atoms with E-state index in [2.05, 4.69) is 26.8 Å². The first kappa shape index (κ1) is 17.0. The van der Waals surface area contributed by atoms with Crippen LogP contribution in [0.25, 0.3) is 0 Å². The van der Waals surface area contributed by atoms with E-state index < -0.39 is 6.10 Å². The van der Waals surface area contributed by atoms with Gasteiger partial charge >= 0.3 is 0 Å². The quantitative estimate of drug-likeness (QED) is 0.730. The molecule has 0 fully saturated rings. The minimum absolute atomic E-state index is 0.122. The molecule has 3 N–H and O–H groups in total. The Labute approximate surface area is 123 Å². The molecule has 1 aromatic carbocycles. The first-order valence-electron chi connectivity index (χ1n) is 7.69. The molecule has 3 heteroatoms. The number of para-hydroxylation sites is 1. The summed E-state index contributed by atoms with van der Waals surface area (Å²) in [5.41, 5.74) is 7.10. The highest BCUT2D eigenvalue weighted by Crippen LogP contribution is 2.21. The van der Waals surface area contributed by atoms with E-state index in [4.69, 9.17) is 10.5 Å². The van der Waals surface area contributed by atoms with Crippen molar-refractivity contribution in [2.24, 2.45) is 11.7 Å². The second-order valence-corrected chi connectivity index (χ2v) is 5.87. The fourth-order valence-corrected chi connectivity index (χ4v) is 2.15. The fraction of sp³-hybridized carbons (Fsp3) is 0.647. The number of rotatable bonds is 9. The Morgan fingerprint density at radius 1 is 1.20 bits per heavy atom.